The van der Waals surface area contributed by atoms with Gasteiger partial charge in [0.25, 0.3) is 0 Å². The second kappa shape index (κ2) is 6.75. The molecule has 1 amide bonds. The molecule has 1 aliphatic heterocycles. The molecule has 5 heteroatoms. The van der Waals surface area contributed by atoms with E-state index in [2.05, 4.69) is 41.3 Å². The van der Waals surface area contributed by atoms with E-state index in [0.29, 0.717) is 31.1 Å². The third-order valence-electron chi connectivity index (χ3n) is 4.80. The van der Waals surface area contributed by atoms with E-state index in [9.17, 15) is 4.79 Å². The highest BCUT2D eigenvalue weighted by atomic mass is 16.5. The number of benzene rings is 2. The van der Waals surface area contributed by atoms with Gasteiger partial charge in [0, 0.05) is 18.5 Å². The molecule has 0 aliphatic carbocycles. The van der Waals surface area contributed by atoms with Crippen molar-refractivity contribution in [1.82, 2.24) is 15.0 Å². The predicted octanol–water partition coefficient (Wildman–Crippen LogP) is 4.22. The van der Waals surface area contributed by atoms with Crippen molar-refractivity contribution in [3.05, 3.63) is 71.1 Å². The van der Waals surface area contributed by atoms with Crippen molar-refractivity contribution in [1.29, 1.82) is 0 Å². The SMILES string of the molecule is Cc1ccc(CN2C(=O)CCC2c2nc(-c3cccc(C)c3)no2)cc1. The first kappa shape index (κ1) is 16.5. The molecule has 4 rings (SSSR count). The summed E-state index contributed by atoms with van der Waals surface area (Å²) in [4.78, 5) is 18.8. The van der Waals surface area contributed by atoms with E-state index in [4.69, 9.17) is 4.52 Å². The van der Waals surface area contributed by atoms with Crippen LogP contribution in [0.4, 0.5) is 0 Å². The van der Waals surface area contributed by atoms with Crippen molar-refractivity contribution >= 4 is 5.91 Å². The second-order valence-electron chi connectivity index (χ2n) is 6.89. The summed E-state index contributed by atoms with van der Waals surface area (Å²) >= 11 is 0. The molecule has 3 aromatic rings. The lowest BCUT2D eigenvalue weighted by molar-refractivity contribution is -0.129. The van der Waals surface area contributed by atoms with Crippen LogP contribution in [0.25, 0.3) is 11.4 Å². The normalized spacial score (nSPS) is 17.1. The number of carbonyl (C=O) groups excluding carboxylic acids is 1. The molecule has 1 saturated heterocycles. The minimum atomic E-state index is -0.158. The summed E-state index contributed by atoms with van der Waals surface area (Å²) in [5.74, 6) is 1.21. The molecule has 132 valence electrons. The molecule has 1 atom stereocenters. The summed E-state index contributed by atoms with van der Waals surface area (Å²) < 4.78 is 5.52. The lowest BCUT2D eigenvalue weighted by atomic mass is 10.1. The van der Waals surface area contributed by atoms with E-state index < -0.39 is 0 Å². The monoisotopic (exact) mass is 347 g/mol. The fraction of sp³-hybridized carbons (Fsp3) is 0.286. The third kappa shape index (κ3) is 3.25. The lowest BCUT2D eigenvalue weighted by Gasteiger charge is -2.22. The van der Waals surface area contributed by atoms with Crippen LogP contribution in [0, 0.1) is 13.8 Å². The lowest BCUT2D eigenvalue weighted by Crippen LogP contribution is -2.27. The van der Waals surface area contributed by atoms with Crippen LogP contribution in [0.1, 0.15) is 41.5 Å². The van der Waals surface area contributed by atoms with Crippen molar-refractivity contribution in [2.24, 2.45) is 0 Å². The highest BCUT2D eigenvalue weighted by Gasteiger charge is 2.36. The summed E-state index contributed by atoms with van der Waals surface area (Å²) in [7, 11) is 0. The molecule has 5 nitrogen and oxygen atoms in total. The van der Waals surface area contributed by atoms with Crippen LogP contribution in [0.3, 0.4) is 0 Å². The quantitative estimate of drug-likeness (QED) is 0.709. The van der Waals surface area contributed by atoms with E-state index in [0.717, 1.165) is 16.7 Å². The van der Waals surface area contributed by atoms with Crippen LogP contribution >= 0.6 is 0 Å². The molecule has 2 heterocycles. The highest BCUT2D eigenvalue weighted by Crippen LogP contribution is 2.34. The first-order valence-corrected chi connectivity index (χ1v) is 8.86. The molecule has 1 aliphatic rings. The van der Waals surface area contributed by atoms with Crippen LogP contribution in [0.2, 0.25) is 0 Å². The van der Waals surface area contributed by atoms with Gasteiger partial charge in [-0.05, 0) is 31.9 Å². The molecule has 0 spiro atoms. The number of hydrogen-bond donors (Lipinski definition) is 0. The fourth-order valence-electron chi connectivity index (χ4n) is 3.35. The van der Waals surface area contributed by atoms with Gasteiger partial charge in [-0.25, -0.2) is 0 Å². The molecule has 0 saturated carbocycles. The van der Waals surface area contributed by atoms with Gasteiger partial charge >= 0.3 is 0 Å². The largest absolute Gasteiger partial charge is 0.337 e. The maximum absolute atomic E-state index is 12.4. The smallest absolute Gasteiger partial charge is 0.249 e. The Morgan fingerprint density at radius 1 is 1.12 bits per heavy atom. The summed E-state index contributed by atoms with van der Waals surface area (Å²) in [6, 6.07) is 16.1. The van der Waals surface area contributed by atoms with Crippen molar-refractivity contribution in [3.8, 4) is 11.4 Å². The van der Waals surface area contributed by atoms with Gasteiger partial charge in [0.15, 0.2) is 0 Å². The summed E-state index contributed by atoms with van der Waals surface area (Å²) in [6.45, 7) is 4.65. The first-order valence-electron chi connectivity index (χ1n) is 8.86. The number of nitrogens with zero attached hydrogens (tertiary/aromatic N) is 3. The van der Waals surface area contributed by atoms with Crippen molar-refractivity contribution < 1.29 is 9.32 Å². The maximum atomic E-state index is 12.4. The summed E-state index contributed by atoms with van der Waals surface area (Å²) in [6.07, 6.45) is 1.22. The Morgan fingerprint density at radius 3 is 2.69 bits per heavy atom. The van der Waals surface area contributed by atoms with Gasteiger partial charge in [-0.2, -0.15) is 4.98 Å². The number of likely N-dealkylation sites (tertiary alicyclic amines) is 1. The number of carbonyl (C=O) groups is 1. The van der Waals surface area contributed by atoms with Crippen LogP contribution in [-0.2, 0) is 11.3 Å². The number of amides is 1. The molecular weight excluding hydrogens is 326 g/mol. The van der Waals surface area contributed by atoms with Gasteiger partial charge in [-0.15, -0.1) is 0 Å². The molecule has 1 unspecified atom stereocenters. The minimum Gasteiger partial charge on any atom is -0.337 e. The van der Waals surface area contributed by atoms with Gasteiger partial charge in [0.1, 0.15) is 6.04 Å². The minimum absolute atomic E-state index is 0.130. The predicted molar refractivity (Wildman–Crippen MR) is 98.2 cm³/mol. The van der Waals surface area contributed by atoms with Gasteiger partial charge in [-0.3, -0.25) is 4.79 Å². The number of rotatable bonds is 4. The Hall–Kier alpha value is -2.95. The molecule has 0 radical (unpaired) electrons. The Morgan fingerprint density at radius 2 is 1.92 bits per heavy atom. The second-order valence-corrected chi connectivity index (χ2v) is 6.89. The van der Waals surface area contributed by atoms with Crippen LogP contribution < -0.4 is 0 Å². The Labute approximate surface area is 152 Å². The van der Waals surface area contributed by atoms with E-state index in [-0.39, 0.29) is 11.9 Å². The van der Waals surface area contributed by atoms with E-state index in [1.165, 1.54) is 5.56 Å². The summed E-state index contributed by atoms with van der Waals surface area (Å²) in [5.41, 5.74) is 4.38. The van der Waals surface area contributed by atoms with Crippen LogP contribution in [0.15, 0.2) is 53.1 Å². The number of hydrogen-bond acceptors (Lipinski definition) is 4. The van der Waals surface area contributed by atoms with Crippen LogP contribution in [-0.4, -0.2) is 20.9 Å². The zero-order valence-corrected chi connectivity index (χ0v) is 15.0. The number of aryl methyl sites for hydroxylation is 2. The molecule has 0 bridgehead atoms. The average molecular weight is 347 g/mol. The van der Waals surface area contributed by atoms with Gasteiger partial charge in [-0.1, -0.05) is 58.7 Å². The molecule has 26 heavy (non-hydrogen) atoms. The fourth-order valence-corrected chi connectivity index (χ4v) is 3.35. The Kier molecular flexibility index (Phi) is 4.29. The summed E-state index contributed by atoms with van der Waals surface area (Å²) in [5, 5.41) is 4.13. The van der Waals surface area contributed by atoms with Crippen molar-refractivity contribution in [3.63, 3.8) is 0 Å². The zero-order valence-electron chi connectivity index (χ0n) is 15.0. The zero-order chi connectivity index (χ0) is 18.1. The van der Waals surface area contributed by atoms with Crippen molar-refractivity contribution in [2.45, 2.75) is 39.3 Å². The third-order valence-corrected chi connectivity index (χ3v) is 4.80. The number of aromatic nitrogens is 2. The van der Waals surface area contributed by atoms with E-state index in [1.807, 2.05) is 36.1 Å². The van der Waals surface area contributed by atoms with E-state index in [1.54, 1.807) is 0 Å². The Balaban J connectivity index is 1.58. The van der Waals surface area contributed by atoms with Gasteiger partial charge in [0.05, 0.1) is 0 Å². The standard InChI is InChI=1S/C21H21N3O2/c1-14-6-8-16(9-7-14)13-24-18(10-11-19(24)25)21-22-20(23-26-21)17-5-3-4-15(2)12-17/h3-9,12,18H,10-11,13H2,1-2H3. The van der Waals surface area contributed by atoms with Gasteiger partial charge in [0.2, 0.25) is 17.6 Å². The topological polar surface area (TPSA) is 59.2 Å². The van der Waals surface area contributed by atoms with E-state index >= 15 is 0 Å². The average Bonchev–Trinajstić information content (AvgIpc) is 3.25. The van der Waals surface area contributed by atoms with Crippen molar-refractivity contribution in [2.75, 3.05) is 0 Å². The Bertz CT molecular complexity index is 930. The molecule has 1 aromatic heterocycles. The molecule has 2 aromatic carbocycles. The molecular formula is C21H21N3O2. The molecule has 0 N–H and O–H groups in total. The van der Waals surface area contributed by atoms with Crippen LogP contribution in [0.5, 0.6) is 0 Å². The highest BCUT2D eigenvalue weighted by molar-refractivity contribution is 5.78. The molecule has 1 fully saturated rings. The first-order chi connectivity index (χ1) is 12.6. The maximum Gasteiger partial charge on any atom is 0.249 e. The van der Waals surface area contributed by atoms with Gasteiger partial charge < -0.3 is 9.42 Å².